The highest BCUT2D eigenvalue weighted by molar-refractivity contribution is 7.85. The predicted molar refractivity (Wildman–Crippen MR) is 118 cm³/mol. The molecule has 0 radical (unpaired) electrons. The molecule has 1 aromatic carbocycles. The van der Waals surface area contributed by atoms with Gasteiger partial charge in [-0.25, -0.2) is 8.42 Å². The van der Waals surface area contributed by atoms with Crippen LogP contribution >= 0.6 is 0 Å². The summed E-state index contributed by atoms with van der Waals surface area (Å²) in [6.45, 7) is 3.24. The molecular formula is C24H34N2O3S. The lowest BCUT2D eigenvalue weighted by atomic mass is 10.1. The minimum atomic E-state index is -4.25. The molecule has 0 saturated carbocycles. The molecule has 0 aliphatic carbocycles. The molecule has 0 fully saturated rings. The van der Waals surface area contributed by atoms with Crippen LogP contribution < -0.4 is 4.57 Å². The van der Waals surface area contributed by atoms with E-state index in [0.717, 1.165) is 12.2 Å². The first-order chi connectivity index (χ1) is 14.5. The molecule has 0 amide bonds. The van der Waals surface area contributed by atoms with E-state index in [-0.39, 0.29) is 4.90 Å². The van der Waals surface area contributed by atoms with Crippen LogP contribution in [-0.2, 0) is 16.7 Å². The number of unbranched alkanes of at least 4 members (excludes halogenated alkanes) is 9. The highest BCUT2D eigenvalue weighted by atomic mass is 32.2. The standard InChI is InChI=1S/C18H29N2.C6H6O3S/c1-2-3-4-5-6-7-8-9-10-12-15-20-16-13-11-14-18(20)17-19;7-10(8,9)6-4-2-1-3-5-6/h11,13-14,16H,2-10,12,15H2,1H3;1-5H,(H,7,8,9)/q+1;/p-1. The van der Waals surface area contributed by atoms with Gasteiger partial charge in [-0.05, 0) is 24.6 Å². The lowest BCUT2D eigenvalue weighted by Crippen LogP contribution is -2.36. The molecule has 2 aromatic rings. The summed E-state index contributed by atoms with van der Waals surface area (Å²) in [6.07, 6.45) is 15.5. The van der Waals surface area contributed by atoms with Crippen molar-refractivity contribution < 1.29 is 17.5 Å². The zero-order chi connectivity index (χ0) is 22.1. The van der Waals surface area contributed by atoms with Crippen LogP contribution in [0, 0.1) is 11.3 Å². The van der Waals surface area contributed by atoms with Gasteiger partial charge in [0.05, 0.1) is 4.90 Å². The zero-order valence-corrected chi connectivity index (χ0v) is 18.8. The fourth-order valence-electron chi connectivity index (χ4n) is 3.13. The smallest absolute Gasteiger partial charge is 0.283 e. The van der Waals surface area contributed by atoms with Crippen molar-refractivity contribution >= 4 is 10.1 Å². The maximum atomic E-state index is 10.3. The van der Waals surface area contributed by atoms with Crippen LogP contribution in [0.5, 0.6) is 0 Å². The van der Waals surface area contributed by atoms with E-state index in [9.17, 15) is 13.0 Å². The molecule has 0 N–H and O–H groups in total. The molecule has 1 aromatic heterocycles. The number of hydrogen-bond donors (Lipinski definition) is 0. The number of rotatable bonds is 12. The Kier molecular flexibility index (Phi) is 13.4. The van der Waals surface area contributed by atoms with Gasteiger partial charge in [-0.1, -0.05) is 76.5 Å². The van der Waals surface area contributed by atoms with Crippen molar-refractivity contribution in [1.29, 1.82) is 5.26 Å². The summed E-state index contributed by atoms with van der Waals surface area (Å²) >= 11 is 0. The third kappa shape index (κ3) is 11.7. The molecular weight excluding hydrogens is 396 g/mol. The summed E-state index contributed by atoms with van der Waals surface area (Å²) in [7, 11) is -4.25. The van der Waals surface area contributed by atoms with Crippen molar-refractivity contribution in [1.82, 2.24) is 0 Å². The van der Waals surface area contributed by atoms with Crippen molar-refractivity contribution in [2.45, 2.75) is 82.6 Å². The molecule has 164 valence electrons. The topological polar surface area (TPSA) is 84.9 Å². The maximum absolute atomic E-state index is 10.3. The molecule has 0 atom stereocenters. The van der Waals surface area contributed by atoms with Crippen LogP contribution in [0.4, 0.5) is 0 Å². The fourth-order valence-corrected chi connectivity index (χ4v) is 3.62. The Balaban J connectivity index is 0.000000375. The molecule has 0 bridgehead atoms. The van der Waals surface area contributed by atoms with E-state index in [0.29, 0.717) is 0 Å². The first-order valence-corrected chi connectivity index (χ1v) is 12.3. The second kappa shape index (κ2) is 15.6. The molecule has 0 saturated heterocycles. The average molecular weight is 431 g/mol. The third-order valence-electron chi connectivity index (χ3n) is 4.84. The Morgan fingerprint density at radius 3 is 1.87 bits per heavy atom. The highest BCUT2D eigenvalue weighted by Crippen LogP contribution is 2.10. The first-order valence-electron chi connectivity index (χ1n) is 10.9. The van der Waals surface area contributed by atoms with Gasteiger partial charge in [-0.3, -0.25) is 0 Å². The van der Waals surface area contributed by atoms with Gasteiger partial charge in [0, 0.05) is 18.6 Å². The van der Waals surface area contributed by atoms with Crippen molar-refractivity contribution in [3.05, 3.63) is 60.4 Å². The van der Waals surface area contributed by atoms with E-state index < -0.39 is 10.1 Å². The molecule has 0 spiro atoms. The summed E-state index contributed by atoms with van der Waals surface area (Å²) in [4.78, 5) is -0.185. The van der Waals surface area contributed by atoms with Gasteiger partial charge in [0.25, 0.3) is 5.69 Å². The fraction of sp³-hybridized carbons (Fsp3) is 0.500. The van der Waals surface area contributed by atoms with E-state index in [2.05, 4.69) is 17.6 Å². The van der Waals surface area contributed by atoms with Gasteiger partial charge < -0.3 is 4.55 Å². The minimum Gasteiger partial charge on any atom is -0.744 e. The number of hydrogen-bond acceptors (Lipinski definition) is 4. The molecule has 0 unspecified atom stereocenters. The first kappa shape index (κ1) is 25.8. The van der Waals surface area contributed by atoms with Crippen molar-refractivity contribution in [2.24, 2.45) is 0 Å². The van der Waals surface area contributed by atoms with Crippen molar-refractivity contribution in [3.8, 4) is 6.07 Å². The molecule has 5 nitrogen and oxygen atoms in total. The highest BCUT2D eigenvalue weighted by Gasteiger charge is 2.07. The molecule has 1 heterocycles. The van der Waals surface area contributed by atoms with Crippen molar-refractivity contribution in [3.63, 3.8) is 0 Å². The third-order valence-corrected chi connectivity index (χ3v) is 5.69. The Morgan fingerprint density at radius 2 is 1.37 bits per heavy atom. The Bertz CT molecular complexity index is 846. The van der Waals surface area contributed by atoms with E-state index in [1.54, 1.807) is 6.07 Å². The number of nitriles is 1. The second-order valence-electron chi connectivity index (χ2n) is 7.34. The van der Waals surface area contributed by atoms with Gasteiger partial charge in [-0.2, -0.15) is 9.83 Å². The maximum Gasteiger partial charge on any atom is 0.283 e. The monoisotopic (exact) mass is 430 g/mol. The SMILES string of the molecule is CCCCCCCCCCCC[n+]1ccccc1C#N.O=S(=O)([O-])c1ccccc1. The van der Waals surface area contributed by atoms with Gasteiger partial charge >= 0.3 is 0 Å². The predicted octanol–water partition coefficient (Wildman–Crippen LogP) is 5.36. The Hall–Kier alpha value is -2.23. The number of pyridine rings is 1. The average Bonchev–Trinajstić information content (AvgIpc) is 2.76. The number of benzene rings is 1. The van der Waals surface area contributed by atoms with Crippen molar-refractivity contribution in [2.75, 3.05) is 0 Å². The summed E-state index contributed by atoms with van der Waals surface area (Å²) < 4.78 is 32.9. The quantitative estimate of drug-likeness (QED) is 0.258. The van der Waals surface area contributed by atoms with Gasteiger partial charge in [0.15, 0.2) is 12.3 Å². The lowest BCUT2D eigenvalue weighted by Gasteiger charge is -2.04. The number of aromatic nitrogens is 1. The van der Waals surface area contributed by atoms with Gasteiger partial charge in [0.2, 0.25) is 0 Å². The van der Waals surface area contributed by atoms with Gasteiger partial charge in [-0.15, -0.1) is 0 Å². The molecule has 6 heteroatoms. The molecule has 0 aliphatic rings. The molecule has 0 aliphatic heterocycles. The largest absolute Gasteiger partial charge is 0.744 e. The Morgan fingerprint density at radius 1 is 0.833 bits per heavy atom. The van der Waals surface area contributed by atoms with Crippen LogP contribution in [0.25, 0.3) is 0 Å². The van der Waals surface area contributed by atoms with Crippen LogP contribution in [0.3, 0.4) is 0 Å². The van der Waals surface area contributed by atoms with E-state index in [1.165, 1.54) is 88.5 Å². The second-order valence-corrected chi connectivity index (χ2v) is 8.72. The summed E-state index contributed by atoms with van der Waals surface area (Å²) in [6, 6.07) is 15.2. The normalized spacial score (nSPS) is 10.7. The van der Waals surface area contributed by atoms with Gasteiger partial charge in [0.1, 0.15) is 16.7 Å². The van der Waals surface area contributed by atoms with Crippen LogP contribution in [0.2, 0.25) is 0 Å². The zero-order valence-electron chi connectivity index (χ0n) is 18.0. The van der Waals surface area contributed by atoms with Crippen LogP contribution in [0.1, 0.15) is 76.8 Å². The molecule has 2 rings (SSSR count). The summed E-state index contributed by atoms with van der Waals surface area (Å²) in [5.74, 6) is 0. The van der Waals surface area contributed by atoms with E-state index in [1.807, 2.05) is 24.4 Å². The van der Waals surface area contributed by atoms with Crippen LogP contribution in [0.15, 0.2) is 59.6 Å². The van der Waals surface area contributed by atoms with Crippen LogP contribution in [-0.4, -0.2) is 13.0 Å². The lowest BCUT2D eigenvalue weighted by molar-refractivity contribution is -0.699. The summed E-state index contributed by atoms with van der Waals surface area (Å²) in [5, 5.41) is 9.01. The van der Waals surface area contributed by atoms with E-state index >= 15 is 0 Å². The Labute approximate surface area is 182 Å². The number of nitrogens with zero attached hydrogens (tertiary/aromatic N) is 2. The van der Waals surface area contributed by atoms with E-state index in [4.69, 9.17) is 5.26 Å². The number of aryl methyl sites for hydroxylation is 1. The summed E-state index contributed by atoms with van der Waals surface area (Å²) in [5.41, 5.74) is 0.767. The molecule has 30 heavy (non-hydrogen) atoms. The minimum absolute atomic E-state index is 0.185.